The zero-order valence-electron chi connectivity index (χ0n) is 22.2. The van der Waals surface area contributed by atoms with Gasteiger partial charge in [0.2, 0.25) is 15.9 Å². The van der Waals surface area contributed by atoms with Crippen LogP contribution in [-0.2, 0) is 26.0 Å². The minimum absolute atomic E-state index is 0.0754. The molecule has 2 aromatic carbocycles. The van der Waals surface area contributed by atoms with E-state index in [1.807, 2.05) is 19.9 Å². The number of carbonyl (C=O) groups excluding carboxylic acids is 2. The lowest BCUT2D eigenvalue weighted by Gasteiger charge is -2.34. The topological polar surface area (TPSA) is 114 Å². The summed E-state index contributed by atoms with van der Waals surface area (Å²) >= 11 is 0. The Morgan fingerprint density at radius 1 is 1.08 bits per heavy atom. The van der Waals surface area contributed by atoms with Gasteiger partial charge < -0.3 is 19.5 Å². The SMILES string of the molecule is COc1ccc(OC)c(CCNC(=O)CN2C(=O)COc3ccc(S(=O)(=O)N4CC(C)CC(C)C4)cc32)c1. The van der Waals surface area contributed by atoms with Gasteiger partial charge in [-0.05, 0) is 66.6 Å². The normalized spacial score (nSPS) is 19.9. The van der Waals surface area contributed by atoms with Gasteiger partial charge in [-0.25, -0.2) is 8.42 Å². The third-order valence-electron chi connectivity index (χ3n) is 6.85. The molecule has 4 rings (SSSR count). The van der Waals surface area contributed by atoms with Crippen LogP contribution in [0.1, 0.15) is 25.8 Å². The van der Waals surface area contributed by atoms with Crippen LogP contribution in [0.5, 0.6) is 17.2 Å². The molecule has 2 aromatic rings. The van der Waals surface area contributed by atoms with Gasteiger partial charge in [0.15, 0.2) is 6.61 Å². The van der Waals surface area contributed by atoms with Gasteiger partial charge in [-0.2, -0.15) is 4.31 Å². The number of benzene rings is 2. The summed E-state index contributed by atoms with van der Waals surface area (Å²) in [5, 5.41) is 2.83. The maximum absolute atomic E-state index is 13.4. The van der Waals surface area contributed by atoms with Gasteiger partial charge in [0.1, 0.15) is 23.8 Å². The first-order chi connectivity index (χ1) is 18.1. The van der Waals surface area contributed by atoms with Crippen LogP contribution in [0.15, 0.2) is 41.3 Å². The number of carbonyl (C=O) groups is 2. The molecule has 0 spiro atoms. The zero-order valence-corrected chi connectivity index (χ0v) is 23.0. The summed E-state index contributed by atoms with van der Waals surface area (Å²) < 4.78 is 44.5. The highest BCUT2D eigenvalue weighted by atomic mass is 32.2. The number of methoxy groups -OCH3 is 2. The third kappa shape index (κ3) is 6.05. The Morgan fingerprint density at radius 2 is 1.82 bits per heavy atom. The second-order valence-corrected chi connectivity index (χ2v) is 11.9. The average Bonchev–Trinajstić information content (AvgIpc) is 2.89. The first kappa shape index (κ1) is 27.7. The van der Waals surface area contributed by atoms with E-state index in [1.54, 1.807) is 32.4 Å². The van der Waals surface area contributed by atoms with E-state index in [0.29, 0.717) is 43.3 Å². The molecule has 206 valence electrons. The monoisotopic (exact) mass is 545 g/mol. The highest BCUT2D eigenvalue weighted by molar-refractivity contribution is 7.89. The number of amides is 2. The van der Waals surface area contributed by atoms with E-state index in [0.717, 1.165) is 12.0 Å². The summed E-state index contributed by atoms with van der Waals surface area (Å²) in [4.78, 5) is 26.9. The molecular formula is C27H35N3O7S. The molecule has 1 fully saturated rings. The molecule has 2 aliphatic heterocycles. The van der Waals surface area contributed by atoms with Crippen LogP contribution in [0.3, 0.4) is 0 Å². The zero-order chi connectivity index (χ0) is 27.4. The molecule has 0 saturated carbocycles. The molecule has 10 nitrogen and oxygen atoms in total. The van der Waals surface area contributed by atoms with Crippen LogP contribution in [-0.4, -0.2) is 71.5 Å². The number of nitrogens with zero attached hydrogens (tertiary/aromatic N) is 2. The number of fused-ring (bicyclic) bond motifs is 1. The standard InChI is InChI=1S/C27H35N3O7S/c1-18-11-19(2)15-29(14-18)38(33,34)22-6-8-25-23(13-22)30(27(32)17-37-25)16-26(31)28-10-9-20-12-21(35-3)5-7-24(20)36-4/h5-8,12-13,18-19H,9-11,14-17H2,1-4H3,(H,28,31). The van der Waals surface area contributed by atoms with Crippen molar-refractivity contribution in [2.45, 2.75) is 31.6 Å². The van der Waals surface area contributed by atoms with Crippen LogP contribution >= 0.6 is 0 Å². The van der Waals surface area contributed by atoms with Gasteiger partial charge in [-0.3, -0.25) is 14.5 Å². The van der Waals surface area contributed by atoms with Crippen LogP contribution < -0.4 is 24.4 Å². The van der Waals surface area contributed by atoms with Crippen molar-refractivity contribution in [3.05, 3.63) is 42.0 Å². The lowest BCUT2D eigenvalue weighted by atomic mass is 9.94. The van der Waals surface area contributed by atoms with E-state index in [1.165, 1.54) is 21.3 Å². The van der Waals surface area contributed by atoms with Crippen molar-refractivity contribution in [2.24, 2.45) is 11.8 Å². The Kier molecular flexibility index (Phi) is 8.47. The van der Waals surface area contributed by atoms with E-state index in [9.17, 15) is 18.0 Å². The molecule has 0 radical (unpaired) electrons. The Hall–Kier alpha value is -3.31. The predicted molar refractivity (Wildman–Crippen MR) is 142 cm³/mol. The van der Waals surface area contributed by atoms with E-state index < -0.39 is 15.9 Å². The summed E-state index contributed by atoms with van der Waals surface area (Å²) in [5.41, 5.74) is 1.14. The van der Waals surface area contributed by atoms with Gasteiger partial charge in [-0.1, -0.05) is 13.8 Å². The molecule has 1 N–H and O–H groups in total. The maximum atomic E-state index is 13.4. The number of piperidine rings is 1. The van der Waals surface area contributed by atoms with Gasteiger partial charge >= 0.3 is 0 Å². The Bertz CT molecular complexity index is 1290. The van der Waals surface area contributed by atoms with E-state index in [4.69, 9.17) is 14.2 Å². The average molecular weight is 546 g/mol. The Morgan fingerprint density at radius 3 is 2.50 bits per heavy atom. The second-order valence-electron chi connectivity index (χ2n) is 9.94. The van der Waals surface area contributed by atoms with Crippen molar-refractivity contribution in [1.29, 1.82) is 0 Å². The Labute approximate surface area is 223 Å². The van der Waals surface area contributed by atoms with E-state index in [2.05, 4.69) is 5.32 Å². The molecule has 0 aliphatic carbocycles. The molecule has 0 aromatic heterocycles. The van der Waals surface area contributed by atoms with Crippen molar-refractivity contribution >= 4 is 27.5 Å². The number of hydrogen-bond donors (Lipinski definition) is 1. The number of hydrogen-bond acceptors (Lipinski definition) is 7. The molecule has 38 heavy (non-hydrogen) atoms. The fourth-order valence-electron chi connectivity index (χ4n) is 5.08. The van der Waals surface area contributed by atoms with Gasteiger partial charge in [-0.15, -0.1) is 0 Å². The lowest BCUT2D eigenvalue weighted by molar-refractivity contribution is -0.125. The van der Waals surface area contributed by atoms with E-state index >= 15 is 0 Å². The highest BCUT2D eigenvalue weighted by Gasteiger charge is 2.34. The van der Waals surface area contributed by atoms with Crippen LogP contribution in [0.4, 0.5) is 5.69 Å². The molecule has 2 atom stereocenters. The van der Waals surface area contributed by atoms with Crippen molar-refractivity contribution in [3.63, 3.8) is 0 Å². The number of nitrogens with one attached hydrogen (secondary N) is 1. The predicted octanol–water partition coefficient (Wildman–Crippen LogP) is 2.45. The summed E-state index contributed by atoms with van der Waals surface area (Å²) in [7, 11) is -0.617. The van der Waals surface area contributed by atoms with Gasteiger partial charge in [0.25, 0.3) is 5.91 Å². The first-order valence-electron chi connectivity index (χ1n) is 12.7. The highest BCUT2D eigenvalue weighted by Crippen LogP contribution is 2.36. The van der Waals surface area contributed by atoms with Crippen LogP contribution in [0.2, 0.25) is 0 Å². The largest absolute Gasteiger partial charge is 0.497 e. The smallest absolute Gasteiger partial charge is 0.265 e. The minimum atomic E-state index is -3.77. The van der Waals surface area contributed by atoms with Crippen LogP contribution in [0.25, 0.3) is 0 Å². The van der Waals surface area contributed by atoms with E-state index in [-0.39, 0.29) is 41.5 Å². The minimum Gasteiger partial charge on any atom is -0.497 e. The third-order valence-corrected chi connectivity index (χ3v) is 8.68. The van der Waals surface area contributed by atoms with Crippen molar-refractivity contribution < 1.29 is 32.2 Å². The molecular weight excluding hydrogens is 510 g/mol. The molecule has 2 heterocycles. The van der Waals surface area contributed by atoms with Crippen molar-refractivity contribution in [2.75, 3.05) is 51.9 Å². The van der Waals surface area contributed by atoms with Gasteiger partial charge in [0, 0.05) is 19.6 Å². The summed E-state index contributed by atoms with van der Waals surface area (Å²) in [6, 6.07) is 9.91. The number of anilines is 1. The van der Waals surface area contributed by atoms with Gasteiger partial charge in [0.05, 0.1) is 24.8 Å². The Balaban J connectivity index is 1.47. The number of rotatable bonds is 9. The van der Waals surface area contributed by atoms with Crippen molar-refractivity contribution in [3.8, 4) is 17.2 Å². The summed E-state index contributed by atoms with van der Waals surface area (Å²) in [6.07, 6.45) is 1.47. The number of sulfonamides is 1. The fraction of sp³-hybridized carbons (Fsp3) is 0.481. The molecule has 2 aliphatic rings. The fourth-order valence-corrected chi connectivity index (χ4v) is 6.78. The molecule has 2 amide bonds. The molecule has 2 unspecified atom stereocenters. The second kappa shape index (κ2) is 11.6. The molecule has 1 saturated heterocycles. The molecule has 0 bridgehead atoms. The lowest BCUT2D eigenvalue weighted by Crippen LogP contribution is -2.45. The summed E-state index contributed by atoms with van der Waals surface area (Å²) in [6.45, 7) is 4.81. The van der Waals surface area contributed by atoms with Crippen LogP contribution in [0, 0.1) is 11.8 Å². The number of ether oxygens (including phenoxy) is 3. The first-order valence-corrected chi connectivity index (χ1v) is 14.1. The summed E-state index contributed by atoms with van der Waals surface area (Å²) in [5.74, 6) is 1.45. The quantitative estimate of drug-likeness (QED) is 0.515. The maximum Gasteiger partial charge on any atom is 0.265 e. The van der Waals surface area contributed by atoms with Crippen molar-refractivity contribution in [1.82, 2.24) is 9.62 Å². The molecule has 11 heteroatoms.